The molecular weight excluding hydrogens is 210 g/mol. The molecule has 0 radical (unpaired) electrons. The fraction of sp³-hybridized carbons (Fsp3) is 0.273. The van der Waals surface area contributed by atoms with Gasteiger partial charge in [0.1, 0.15) is 11.0 Å². The number of fused-ring (bicyclic) bond motifs is 1. The van der Waals surface area contributed by atoms with Crippen LogP contribution < -0.4 is 5.73 Å². The third kappa shape index (κ3) is 2.08. The Kier molecular flexibility index (Phi) is 2.84. The monoisotopic (exact) mass is 221 g/mol. The van der Waals surface area contributed by atoms with Gasteiger partial charge in [-0.2, -0.15) is 0 Å². The normalized spacial score (nSPS) is 10.9. The van der Waals surface area contributed by atoms with Crippen molar-refractivity contribution in [2.45, 2.75) is 13.3 Å². The van der Waals surface area contributed by atoms with Crippen LogP contribution in [0.15, 0.2) is 18.2 Å². The molecule has 4 heteroatoms. The SMILES string of the molecule is Cc1ccc2nc(CCN)nc(Cl)c2c1. The number of aryl methyl sites for hydroxylation is 1. The Hall–Kier alpha value is -1.19. The van der Waals surface area contributed by atoms with Crippen LogP contribution in [0, 0.1) is 6.92 Å². The van der Waals surface area contributed by atoms with Crippen molar-refractivity contribution in [1.82, 2.24) is 9.97 Å². The van der Waals surface area contributed by atoms with E-state index in [1.165, 1.54) is 0 Å². The van der Waals surface area contributed by atoms with Crippen LogP contribution in [0.1, 0.15) is 11.4 Å². The number of nitrogens with zero attached hydrogens (tertiary/aromatic N) is 2. The lowest BCUT2D eigenvalue weighted by atomic mass is 10.2. The molecule has 0 atom stereocenters. The summed E-state index contributed by atoms with van der Waals surface area (Å²) in [7, 11) is 0. The smallest absolute Gasteiger partial charge is 0.140 e. The largest absolute Gasteiger partial charge is 0.330 e. The van der Waals surface area contributed by atoms with E-state index < -0.39 is 0 Å². The first-order chi connectivity index (χ1) is 7.20. The maximum atomic E-state index is 6.08. The molecule has 2 rings (SSSR count). The van der Waals surface area contributed by atoms with Crippen molar-refractivity contribution in [3.8, 4) is 0 Å². The van der Waals surface area contributed by atoms with Crippen LogP contribution in [-0.4, -0.2) is 16.5 Å². The fourth-order valence-corrected chi connectivity index (χ4v) is 1.74. The molecule has 1 heterocycles. The second-order valence-electron chi connectivity index (χ2n) is 3.49. The van der Waals surface area contributed by atoms with E-state index in [9.17, 15) is 0 Å². The Labute approximate surface area is 93.3 Å². The molecule has 2 aromatic rings. The highest BCUT2D eigenvalue weighted by molar-refractivity contribution is 6.34. The summed E-state index contributed by atoms with van der Waals surface area (Å²) >= 11 is 6.08. The molecule has 0 unspecified atom stereocenters. The van der Waals surface area contributed by atoms with Crippen LogP contribution in [0.2, 0.25) is 5.15 Å². The Morgan fingerprint density at radius 1 is 1.33 bits per heavy atom. The van der Waals surface area contributed by atoms with Crippen LogP contribution in [-0.2, 0) is 6.42 Å². The average molecular weight is 222 g/mol. The van der Waals surface area contributed by atoms with E-state index in [-0.39, 0.29) is 0 Å². The van der Waals surface area contributed by atoms with Gasteiger partial charge in [-0.05, 0) is 25.6 Å². The molecule has 3 nitrogen and oxygen atoms in total. The highest BCUT2D eigenvalue weighted by Gasteiger charge is 2.05. The molecule has 0 saturated heterocycles. The Morgan fingerprint density at radius 2 is 2.13 bits per heavy atom. The summed E-state index contributed by atoms with van der Waals surface area (Å²) < 4.78 is 0. The minimum Gasteiger partial charge on any atom is -0.330 e. The van der Waals surface area contributed by atoms with Crippen molar-refractivity contribution in [3.63, 3.8) is 0 Å². The molecule has 0 bridgehead atoms. The van der Waals surface area contributed by atoms with Gasteiger partial charge in [-0.1, -0.05) is 23.2 Å². The van der Waals surface area contributed by atoms with Crippen molar-refractivity contribution in [1.29, 1.82) is 0 Å². The summed E-state index contributed by atoms with van der Waals surface area (Å²) in [4.78, 5) is 8.60. The van der Waals surface area contributed by atoms with Gasteiger partial charge in [-0.25, -0.2) is 9.97 Å². The maximum Gasteiger partial charge on any atom is 0.140 e. The predicted molar refractivity (Wildman–Crippen MR) is 62.0 cm³/mol. The van der Waals surface area contributed by atoms with Gasteiger partial charge in [-0.15, -0.1) is 0 Å². The lowest BCUT2D eigenvalue weighted by Gasteiger charge is -2.04. The minimum atomic E-state index is 0.507. The molecule has 78 valence electrons. The number of nitrogens with two attached hydrogens (primary N) is 1. The fourth-order valence-electron chi connectivity index (χ4n) is 1.49. The van der Waals surface area contributed by atoms with Crippen molar-refractivity contribution in [2.75, 3.05) is 6.54 Å². The lowest BCUT2D eigenvalue weighted by Crippen LogP contribution is -2.06. The topological polar surface area (TPSA) is 51.8 Å². The van der Waals surface area contributed by atoms with Gasteiger partial charge in [0.25, 0.3) is 0 Å². The van der Waals surface area contributed by atoms with Gasteiger partial charge < -0.3 is 5.73 Å². The lowest BCUT2D eigenvalue weighted by molar-refractivity contribution is 0.879. The molecule has 0 fully saturated rings. The first-order valence-electron chi connectivity index (χ1n) is 4.83. The number of hydrogen-bond acceptors (Lipinski definition) is 3. The Bertz CT molecular complexity index is 496. The molecule has 2 N–H and O–H groups in total. The third-order valence-electron chi connectivity index (χ3n) is 2.22. The van der Waals surface area contributed by atoms with Gasteiger partial charge in [0, 0.05) is 11.8 Å². The van der Waals surface area contributed by atoms with Crippen LogP contribution in [0.25, 0.3) is 10.9 Å². The van der Waals surface area contributed by atoms with Crippen LogP contribution in [0.4, 0.5) is 0 Å². The van der Waals surface area contributed by atoms with Gasteiger partial charge in [0.15, 0.2) is 0 Å². The van der Waals surface area contributed by atoms with E-state index >= 15 is 0 Å². The highest BCUT2D eigenvalue weighted by Crippen LogP contribution is 2.21. The molecule has 0 amide bonds. The number of halogens is 1. The van der Waals surface area contributed by atoms with Crippen molar-refractivity contribution >= 4 is 22.5 Å². The molecule has 0 aliphatic heterocycles. The first kappa shape index (κ1) is 10.3. The second-order valence-corrected chi connectivity index (χ2v) is 3.85. The van der Waals surface area contributed by atoms with Crippen LogP contribution in [0.5, 0.6) is 0 Å². The summed E-state index contributed by atoms with van der Waals surface area (Å²) in [6.45, 7) is 2.55. The second kappa shape index (κ2) is 4.13. The van der Waals surface area contributed by atoms with E-state index in [2.05, 4.69) is 9.97 Å². The van der Waals surface area contributed by atoms with E-state index in [0.717, 1.165) is 16.5 Å². The summed E-state index contributed by atoms with van der Waals surface area (Å²) in [5.41, 5.74) is 7.49. The van der Waals surface area contributed by atoms with Crippen molar-refractivity contribution in [3.05, 3.63) is 34.7 Å². The van der Waals surface area contributed by atoms with Crippen molar-refractivity contribution < 1.29 is 0 Å². The molecular formula is C11H12ClN3. The molecule has 1 aromatic heterocycles. The van der Waals surface area contributed by atoms with Gasteiger partial charge in [0.2, 0.25) is 0 Å². The Morgan fingerprint density at radius 3 is 2.87 bits per heavy atom. The van der Waals surface area contributed by atoms with E-state index in [4.69, 9.17) is 17.3 Å². The van der Waals surface area contributed by atoms with E-state index in [1.807, 2.05) is 25.1 Å². The quantitative estimate of drug-likeness (QED) is 0.791. The van der Waals surface area contributed by atoms with Crippen molar-refractivity contribution in [2.24, 2.45) is 5.73 Å². The molecule has 0 saturated carbocycles. The zero-order chi connectivity index (χ0) is 10.8. The van der Waals surface area contributed by atoms with E-state index in [0.29, 0.717) is 23.9 Å². The number of benzene rings is 1. The molecule has 0 aliphatic carbocycles. The number of aromatic nitrogens is 2. The molecule has 15 heavy (non-hydrogen) atoms. The first-order valence-corrected chi connectivity index (χ1v) is 5.21. The van der Waals surface area contributed by atoms with Gasteiger partial charge in [-0.3, -0.25) is 0 Å². The highest BCUT2D eigenvalue weighted by atomic mass is 35.5. The molecule has 0 aliphatic rings. The maximum absolute atomic E-state index is 6.08. The molecule has 1 aromatic carbocycles. The van der Waals surface area contributed by atoms with E-state index in [1.54, 1.807) is 0 Å². The summed E-state index contributed by atoms with van der Waals surface area (Å²) in [6.07, 6.45) is 0.656. The number of rotatable bonds is 2. The Balaban J connectivity index is 2.62. The molecule has 0 spiro atoms. The summed E-state index contributed by atoms with van der Waals surface area (Å²) in [5, 5.41) is 1.41. The standard InChI is InChI=1S/C11H12ClN3/c1-7-2-3-9-8(6-7)11(12)15-10(14-9)4-5-13/h2-3,6H,4-5,13H2,1H3. The van der Waals surface area contributed by atoms with Gasteiger partial charge >= 0.3 is 0 Å². The zero-order valence-corrected chi connectivity index (χ0v) is 9.25. The summed E-state index contributed by atoms with van der Waals surface area (Å²) in [6, 6.07) is 5.96. The van der Waals surface area contributed by atoms with Crippen LogP contribution >= 0.6 is 11.6 Å². The van der Waals surface area contributed by atoms with Crippen LogP contribution in [0.3, 0.4) is 0 Å². The number of hydrogen-bond donors (Lipinski definition) is 1. The summed E-state index contributed by atoms with van der Waals surface area (Å²) in [5.74, 6) is 0.707. The van der Waals surface area contributed by atoms with Gasteiger partial charge in [0.05, 0.1) is 5.52 Å². The average Bonchev–Trinajstić information content (AvgIpc) is 2.20. The zero-order valence-electron chi connectivity index (χ0n) is 8.50. The third-order valence-corrected chi connectivity index (χ3v) is 2.51. The minimum absolute atomic E-state index is 0.507. The predicted octanol–water partition coefficient (Wildman–Crippen LogP) is 2.09.